The fourth-order valence-corrected chi connectivity index (χ4v) is 7.36. The number of fused-ring (bicyclic) bond motifs is 6. The van der Waals surface area contributed by atoms with Gasteiger partial charge < -0.3 is 9.13 Å². The third kappa shape index (κ3) is 4.35. The van der Waals surface area contributed by atoms with Gasteiger partial charge in [0.25, 0.3) is 0 Å². The first kappa shape index (κ1) is 29.9. The molecule has 0 radical (unpaired) electrons. The molecule has 0 N–H and O–H groups in total. The lowest BCUT2D eigenvalue weighted by molar-refractivity contribution is -0.137. The van der Waals surface area contributed by atoms with E-state index in [2.05, 4.69) is 0 Å². The zero-order chi connectivity index (χ0) is 33.5. The third-order valence-electron chi connectivity index (χ3n) is 9.24. The van der Waals surface area contributed by atoms with E-state index in [1.165, 1.54) is 34.9 Å². The monoisotopic (exact) mass is 648 g/mol. The molecule has 0 unspecified atom stereocenters. The van der Waals surface area contributed by atoms with Crippen molar-refractivity contribution in [1.82, 2.24) is 9.13 Å². The molecule has 0 spiro atoms. The highest BCUT2D eigenvalue weighted by atomic mass is 19.4. The van der Waals surface area contributed by atoms with Gasteiger partial charge in [-0.1, -0.05) is 84.9 Å². The molecule has 8 rings (SSSR count). The van der Waals surface area contributed by atoms with Gasteiger partial charge in [-0.15, -0.1) is 0 Å². The van der Waals surface area contributed by atoms with Crippen LogP contribution in [-0.4, -0.2) is 9.13 Å². The molecule has 0 aliphatic heterocycles. The Morgan fingerprint density at radius 1 is 0.438 bits per heavy atom. The van der Waals surface area contributed by atoms with Gasteiger partial charge in [-0.3, -0.25) is 0 Å². The molecule has 0 atom stereocenters. The summed E-state index contributed by atoms with van der Waals surface area (Å²) in [7, 11) is 0. The summed E-state index contributed by atoms with van der Waals surface area (Å²) in [6.45, 7) is 3.79. The average Bonchev–Trinajstić information content (AvgIpc) is 3.57. The highest BCUT2D eigenvalue weighted by Gasteiger charge is 2.42. The third-order valence-corrected chi connectivity index (χ3v) is 9.24. The smallest absolute Gasteiger partial charge is 0.309 e. The SMILES string of the molecule is Cc1cccc2c1c1ccccc1n2-c1ccc(-c2ccccc2C(F)(F)F)c(-n2c3ccccc3c3c(C)cccc32)c1C(F)(F)F. The molecule has 0 aliphatic rings. The van der Waals surface area contributed by atoms with Crippen LogP contribution in [0.3, 0.4) is 0 Å². The zero-order valence-electron chi connectivity index (χ0n) is 25.7. The van der Waals surface area contributed by atoms with Crippen LogP contribution in [0, 0.1) is 13.8 Å². The fourth-order valence-electron chi connectivity index (χ4n) is 7.36. The largest absolute Gasteiger partial charge is 0.420 e. The van der Waals surface area contributed by atoms with Crippen LogP contribution < -0.4 is 0 Å². The van der Waals surface area contributed by atoms with E-state index in [4.69, 9.17) is 0 Å². The van der Waals surface area contributed by atoms with Gasteiger partial charge in [0.05, 0.1) is 39.0 Å². The van der Waals surface area contributed by atoms with Crippen molar-refractivity contribution in [3.05, 3.63) is 144 Å². The molecule has 2 aromatic heterocycles. The van der Waals surface area contributed by atoms with Gasteiger partial charge in [0, 0.05) is 27.1 Å². The van der Waals surface area contributed by atoms with E-state index in [9.17, 15) is 13.2 Å². The summed E-state index contributed by atoms with van der Waals surface area (Å²) < 4.78 is 94.8. The standard InChI is InChI=1S/C40H26F6N2/c1-23-11-9-19-32-35(23)27-14-4-7-17-30(27)47(32)34-22-21-26(25-13-3-6-16-29(25)39(41,42)43)38(37(34)40(44,45)46)48-31-18-8-5-15-28(31)36-24(2)12-10-20-33(36)48/h3-22H,1-2H3. The van der Waals surface area contributed by atoms with Crippen LogP contribution in [0.15, 0.2) is 121 Å². The Bertz CT molecular complexity index is 2560. The topological polar surface area (TPSA) is 9.86 Å². The summed E-state index contributed by atoms with van der Waals surface area (Å²) in [4.78, 5) is 0. The van der Waals surface area contributed by atoms with E-state index in [0.29, 0.717) is 27.5 Å². The van der Waals surface area contributed by atoms with Crippen molar-refractivity contribution in [3.63, 3.8) is 0 Å². The number of para-hydroxylation sites is 2. The Morgan fingerprint density at radius 2 is 0.938 bits per heavy atom. The number of halogens is 6. The Labute approximate surface area is 271 Å². The molecule has 2 nitrogen and oxygen atoms in total. The predicted molar refractivity (Wildman–Crippen MR) is 180 cm³/mol. The predicted octanol–water partition coefficient (Wildman–Crippen LogP) is 12.2. The Kier molecular flexibility index (Phi) is 6.54. The van der Waals surface area contributed by atoms with E-state index in [1.807, 2.05) is 44.2 Å². The second-order valence-electron chi connectivity index (χ2n) is 12.0. The van der Waals surface area contributed by atoms with E-state index in [1.54, 1.807) is 59.2 Å². The van der Waals surface area contributed by atoms with Crippen molar-refractivity contribution in [1.29, 1.82) is 0 Å². The number of hydrogen-bond donors (Lipinski definition) is 0. The summed E-state index contributed by atoms with van der Waals surface area (Å²) >= 11 is 0. The van der Waals surface area contributed by atoms with Crippen LogP contribution in [0.2, 0.25) is 0 Å². The number of nitrogens with zero attached hydrogens (tertiary/aromatic N) is 2. The average molecular weight is 649 g/mol. The maximum Gasteiger partial charge on any atom is 0.420 e. The van der Waals surface area contributed by atoms with Crippen molar-refractivity contribution >= 4 is 43.6 Å². The number of benzene rings is 6. The lowest BCUT2D eigenvalue weighted by Gasteiger charge is -2.25. The summed E-state index contributed by atoms with van der Waals surface area (Å²) in [5.74, 6) is 0. The molecule has 2 heterocycles. The van der Waals surface area contributed by atoms with Gasteiger partial charge >= 0.3 is 12.4 Å². The lowest BCUT2D eigenvalue weighted by Crippen LogP contribution is -2.17. The van der Waals surface area contributed by atoms with Crippen molar-refractivity contribution in [2.75, 3.05) is 0 Å². The van der Waals surface area contributed by atoms with Gasteiger partial charge in [-0.05, 0) is 66.9 Å². The minimum absolute atomic E-state index is 0.180. The Morgan fingerprint density at radius 3 is 1.52 bits per heavy atom. The first-order valence-electron chi connectivity index (χ1n) is 15.4. The molecule has 238 valence electrons. The molecule has 0 aliphatic carbocycles. The van der Waals surface area contributed by atoms with Crippen molar-refractivity contribution in [3.8, 4) is 22.5 Å². The van der Waals surface area contributed by atoms with Gasteiger partial charge in [-0.25, -0.2) is 0 Å². The summed E-state index contributed by atoms with van der Waals surface area (Å²) in [5.41, 5.74) is 0.640. The van der Waals surface area contributed by atoms with Crippen LogP contribution in [0.1, 0.15) is 22.3 Å². The van der Waals surface area contributed by atoms with Crippen molar-refractivity contribution in [2.45, 2.75) is 26.2 Å². The molecule has 0 saturated carbocycles. The quantitative estimate of drug-likeness (QED) is 0.169. The number of rotatable bonds is 3. The van der Waals surface area contributed by atoms with E-state index >= 15 is 13.2 Å². The minimum Gasteiger partial charge on any atom is -0.309 e. The summed E-state index contributed by atoms with van der Waals surface area (Å²) in [6, 6.07) is 32.7. The first-order chi connectivity index (χ1) is 23.0. The van der Waals surface area contributed by atoms with Gasteiger partial charge in [-0.2, -0.15) is 26.3 Å². The maximum absolute atomic E-state index is 16.0. The molecule has 6 aromatic carbocycles. The van der Waals surface area contributed by atoms with Gasteiger partial charge in [0.2, 0.25) is 0 Å². The van der Waals surface area contributed by atoms with E-state index in [-0.39, 0.29) is 22.5 Å². The molecule has 8 aromatic rings. The van der Waals surface area contributed by atoms with Crippen LogP contribution in [0.4, 0.5) is 26.3 Å². The van der Waals surface area contributed by atoms with E-state index < -0.39 is 23.5 Å². The van der Waals surface area contributed by atoms with Crippen LogP contribution in [0.5, 0.6) is 0 Å². The molecular weight excluding hydrogens is 622 g/mol. The summed E-state index contributed by atoms with van der Waals surface area (Å²) in [5, 5.41) is 3.02. The highest BCUT2D eigenvalue weighted by Crippen LogP contribution is 2.49. The molecule has 0 amide bonds. The first-order valence-corrected chi connectivity index (χ1v) is 15.4. The fraction of sp³-hybridized carbons (Fsp3) is 0.100. The number of alkyl halides is 6. The van der Waals surface area contributed by atoms with Gasteiger partial charge in [0.1, 0.15) is 5.56 Å². The summed E-state index contributed by atoms with van der Waals surface area (Å²) in [6.07, 6.45) is -9.80. The van der Waals surface area contributed by atoms with Crippen LogP contribution >= 0.6 is 0 Å². The second kappa shape index (κ2) is 10.5. The zero-order valence-corrected chi connectivity index (χ0v) is 25.7. The molecule has 0 saturated heterocycles. The van der Waals surface area contributed by atoms with Gasteiger partial charge in [0.15, 0.2) is 0 Å². The second-order valence-corrected chi connectivity index (χ2v) is 12.0. The Hall–Kier alpha value is -5.50. The van der Waals surface area contributed by atoms with Crippen LogP contribution in [-0.2, 0) is 12.4 Å². The lowest BCUT2D eigenvalue weighted by atomic mass is 9.93. The number of hydrogen-bond acceptors (Lipinski definition) is 0. The van der Waals surface area contributed by atoms with Crippen molar-refractivity contribution in [2.24, 2.45) is 0 Å². The molecule has 48 heavy (non-hydrogen) atoms. The Balaban J connectivity index is 1.64. The molecule has 0 fully saturated rings. The molecule has 8 heteroatoms. The number of aryl methyl sites for hydroxylation is 2. The molecular formula is C40H26F6N2. The van der Waals surface area contributed by atoms with Crippen LogP contribution in [0.25, 0.3) is 66.1 Å². The molecule has 0 bridgehead atoms. The normalized spacial score (nSPS) is 12.6. The van der Waals surface area contributed by atoms with E-state index in [0.717, 1.165) is 33.4 Å². The maximum atomic E-state index is 16.0. The van der Waals surface area contributed by atoms with Crippen molar-refractivity contribution < 1.29 is 26.3 Å². The highest BCUT2D eigenvalue weighted by molar-refractivity contribution is 6.13. The number of aromatic nitrogens is 2. The minimum atomic E-state index is -4.99.